The number of ether oxygens (including phenoxy) is 2. The van der Waals surface area contributed by atoms with Crippen molar-refractivity contribution < 1.29 is 23.5 Å². The average Bonchev–Trinajstić information content (AvgIpc) is 3.18. The second kappa shape index (κ2) is 8.03. The number of likely N-dealkylation sites (tertiary alicyclic amines) is 2. The Hall–Kier alpha value is -2.15. The number of hydrogen-bond donors (Lipinski definition) is 0. The highest BCUT2D eigenvalue weighted by molar-refractivity contribution is 5.81. The molecule has 7 heteroatoms. The number of benzene rings is 1. The predicted molar refractivity (Wildman–Crippen MR) is 93.0 cm³/mol. The molecule has 6 nitrogen and oxygen atoms in total. The summed E-state index contributed by atoms with van der Waals surface area (Å²) in [6.07, 6.45) is 0.345. The van der Waals surface area contributed by atoms with Crippen LogP contribution in [0.25, 0.3) is 0 Å². The van der Waals surface area contributed by atoms with Crippen LogP contribution in [0.15, 0.2) is 18.2 Å². The van der Waals surface area contributed by atoms with Gasteiger partial charge in [0.1, 0.15) is 0 Å². The molecule has 142 valence electrons. The Balaban J connectivity index is 1.48. The van der Waals surface area contributed by atoms with Gasteiger partial charge in [0, 0.05) is 39.1 Å². The molecule has 3 rings (SSSR count). The highest BCUT2D eigenvalue weighted by Gasteiger charge is 2.41. The molecule has 1 amide bonds. The van der Waals surface area contributed by atoms with E-state index in [2.05, 4.69) is 9.64 Å². The van der Waals surface area contributed by atoms with Gasteiger partial charge in [-0.3, -0.25) is 14.5 Å². The van der Waals surface area contributed by atoms with Gasteiger partial charge >= 0.3 is 5.97 Å². The molecule has 26 heavy (non-hydrogen) atoms. The van der Waals surface area contributed by atoms with Gasteiger partial charge in [-0.25, -0.2) is 4.39 Å². The molecule has 2 fully saturated rings. The van der Waals surface area contributed by atoms with E-state index in [1.807, 2.05) is 11.0 Å². The van der Waals surface area contributed by atoms with E-state index in [0.29, 0.717) is 18.4 Å². The Labute approximate surface area is 152 Å². The number of esters is 1. The third-order valence-corrected chi connectivity index (χ3v) is 5.31. The van der Waals surface area contributed by atoms with Crippen molar-refractivity contribution in [2.75, 3.05) is 40.4 Å². The molecule has 2 heterocycles. The van der Waals surface area contributed by atoms with Gasteiger partial charge in [-0.1, -0.05) is 6.07 Å². The van der Waals surface area contributed by atoms with Crippen molar-refractivity contribution in [2.24, 2.45) is 11.8 Å². The number of rotatable bonds is 6. The lowest BCUT2D eigenvalue weighted by Gasteiger charge is -2.21. The lowest BCUT2D eigenvalue weighted by atomic mass is 10.0. The summed E-state index contributed by atoms with van der Waals surface area (Å²) in [6, 6.07) is 5.07. The quantitative estimate of drug-likeness (QED) is 0.719. The first-order valence-corrected chi connectivity index (χ1v) is 8.89. The van der Waals surface area contributed by atoms with Crippen LogP contribution in [0.4, 0.5) is 4.39 Å². The summed E-state index contributed by atoms with van der Waals surface area (Å²) in [5.41, 5.74) is 0.925. The standard InChI is InChI=1S/C19H25FN2O4/c1-25-17-4-3-13(7-16(17)20)8-21-9-14-11-22(12-15(14)10-21)18(23)5-6-19(24)26-2/h3-4,7,14-15H,5-6,8-12H2,1-2H3. The Morgan fingerprint density at radius 2 is 1.81 bits per heavy atom. The minimum atomic E-state index is -0.351. The van der Waals surface area contributed by atoms with Crippen molar-refractivity contribution in [1.29, 1.82) is 0 Å². The summed E-state index contributed by atoms with van der Waals surface area (Å²) in [6.45, 7) is 3.97. The molecule has 1 aromatic carbocycles. The highest BCUT2D eigenvalue weighted by Crippen LogP contribution is 2.32. The van der Waals surface area contributed by atoms with Gasteiger partial charge in [-0.2, -0.15) is 0 Å². The lowest BCUT2D eigenvalue weighted by molar-refractivity contribution is -0.143. The van der Waals surface area contributed by atoms with Crippen molar-refractivity contribution in [3.8, 4) is 5.75 Å². The Bertz CT molecular complexity index is 668. The van der Waals surface area contributed by atoms with E-state index in [0.717, 1.165) is 31.7 Å². The molecule has 0 saturated carbocycles. The van der Waals surface area contributed by atoms with E-state index in [1.54, 1.807) is 6.07 Å². The fourth-order valence-electron chi connectivity index (χ4n) is 3.96. The van der Waals surface area contributed by atoms with Crippen molar-refractivity contribution in [2.45, 2.75) is 19.4 Å². The van der Waals surface area contributed by atoms with Crippen molar-refractivity contribution in [3.63, 3.8) is 0 Å². The largest absolute Gasteiger partial charge is 0.494 e. The first-order chi connectivity index (χ1) is 12.5. The number of hydrogen-bond acceptors (Lipinski definition) is 5. The van der Waals surface area contributed by atoms with Gasteiger partial charge in [0.05, 0.1) is 20.6 Å². The number of fused-ring (bicyclic) bond motifs is 1. The summed E-state index contributed by atoms with van der Waals surface area (Å²) in [4.78, 5) is 27.6. The van der Waals surface area contributed by atoms with Crippen molar-refractivity contribution in [1.82, 2.24) is 9.80 Å². The van der Waals surface area contributed by atoms with Crippen LogP contribution in [-0.2, 0) is 20.9 Å². The topological polar surface area (TPSA) is 59.1 Å². The molecule has 1 aromatic rings. The zero-order chi connectivity index (χ0) is 18.7. The molecule has 2 atom stereocenters. The first kappa shape index (κ1) is 18.6. The SMILES string of the molecule is COC(=O)CCC(=O)N1CC2CN(Cc3ccc(OC)c(F)c3)CC2C1. The minimum Gasteiger partial charge on any atom is -0.494 e. The maximum Gasteiger partial charge on any atom is 0.306 e. The van der Waals surface area contributed by atoms with Crippen LogP contribution in [0.3, 0.4) is 0 Å². The Kier molecular flexibility index (Phi) is 5.76. The van der Waals surface area contributed by atoms with Gasteiger partial charge in [0.2, 0.25) is 5.91 Å². The molecule has 2 saturated heterocycles. The van der Waals surface area contributed by atoms with Crippen LogP contribution in [0, 0.1) is 17.7 Å². The molecule has 2 aliphatic heterocycles. The molecular formula is C19H25FN2O4. The van der Waals surface area contributed by atoms with Gasteiger partial charge in [0.25, 0.3) is 0 Å². The maximum absolute atomic E-state index is 13.8. The van der Waals surface area contributed by atoms with E-state index in [4.69, 9.17) is 4.74 Å². The minimum absolute atomic E-state index is 0.0218. The van der Waals surface area contributed by atoms with Crippen LogP contribution in [0.2, 0.25) is 0 Å². The predicted octanol–water partition coefficient (Wildman–Crippen LogP) is 1.68. The number of nitrogens with zero attached hydrogens (tertiary/aromatic N) is 2. The van der Waals surface area contributed by atoms with Crippen molar-refractivity contribution in [3.05, 3.63) is 29.6 Å². The van der Waals surface area contributed by atoms with Gasteiger partial charge in [-0.15, -0.1) is 0 Å². The van der Waals surface area contributed by atoms with Gasteiger partial charge in [-0.05, 0) is 29.5 Å². The number of amides is 1. The summed E-state index contributed by atoms with van der Waals surface area (Å²) < 4.78 is 23.4. The monoisotopic (exact) mass is 364 g/mol. The fraction of sp³-hybridized carbons (Fsp3) is 0.579. The van der Waals surface area contributed by atoms with E-state index in [1.165, 1.54) is 20.3 Å². The van der Waals surface area contributed by atoms with E-state index < -0.39 is 0 Å². The van der Waals surface area contributed by atoms with Crippen LogP contribution in [0.1, 0.15) is 18.4 Å². The Morgan fingerprint density at radius 3 is 2.38 bits per heavy atom. The molecule has 0 aliphatic carbocycles. The number of halogens is 1. The molecule has 0 spiro atoms. The van der Waals surface area contributed by atoms with E-state index in [9.17, 15) is 14.0 Å². The van der Waals surface area contributed by atoms with Gasteiger partial charge in [0.15, 0.2) is 11.6 Å². The summed E-state index contributed by atoms with van der Waals surface area (Å²) >= 11 is 0. The zero-order valence-electron chi connectivity index (χ0n) is 15.2. The molecule has 0 aromatic heterocycles. The zero-order valence-corrected chi connectivity index (χ0v) is 15.2. The summed E-state index contributed by atoms with van der Waals surface area (Å²) in [5, 5.41) is 0. The number of carbonyl (C=O) groups is 2. The number of methoxy groups -OCH3 is 2. The average molecular weight is 364 g/mol. The smallest absolute Gasteiger partial charge is 0.306 e. The van der Waals surface area contributed by atoms with Crippen LogP contribution in [0.5, 0.6) is 5.75 Å². The second-order valence-corrected chi connectivity index (χ2v) is 7.06. The molecule has 0 N–H and O–H groups in total. The molecule has 0 radical (unpaired) electrons. The molecular weight excluding hydrogens is 339 g/mol. The summed E-state index contributed by atoms with van der Waals surface area (Å²) in [7, 11) is 2.79. The van der Waals surface area contributed by atoms with E-state index >= 15 is 0 Å². The lowest BCUT2D eigenvalue weighted by Crippen LogP contribution is -2.33. The van der Waals surface area contributed by atoms with Gasteiger partial charge < -0.3 is 14.4 Å². The van der Waals surface area contributed by atoms with Crippen LogP contribution in [-0.4, -0.2) is 62.1 Å². The summed E-state index contributed by atoms with van der Waals surface area (Å²) in [5.74, 6) is 0.476. The van der Waals surface area contributed by atoms with Crippen LogP contribution >= 0.6 is 0 Å². The van der Waals surface area contributed by atoms with Crippen molar-refractivity contribution >= 4 is 11.9 Å². The maximum atomic E-state index is 13.8. The second-order valence-electron chi connectivity index (χ2n) is 7.06. The molecule has 0 bridgehead atoms. The van der Waals surface area contributed by atoms with Crippen LogP contribution < -0.4 is 4.74 Å². The highest BCUT2D eigenvalue weighted by atomic mass is 19.1. The number of carbonyl (C=O) groups excluding carboxylic acids is 2. The molecule has 2 aliphatic rings. The first-order valence-electron chi connectivity index (χ1n) is 8.89. The normalized spacial score (nSPS) is 22.3. The van der Waals surface area contributed by atoms with E-state index in [-0.39, 0.29) is 36.3 Å². The third-order valence-electron chi connectivity index (χ3n) is 5.31. The fourth-order valence-corrected chi connectivity index (χ4v) is 3.96. The third kappa shape index (κ3) is 4.15. The molecule has 2 unspecified atom stereocenters. The Morgan fingerprint density at radius 1 is 1.12 bits per heavy atom.